The minimum atomic E-state index is -1.22. The van der Waals surface area contributed by atoms with Crippen LogP contribution in [0.2, 0.25) is 0 Å². The molecule has 0 unspecified atom stereocenters. The van der Waals surface area contributed by atoms with Gasteiger partial charge in [0.15, 0.2) is 5.60 Å². The van der Waals surface area contributed by atoms with Crippen molar-refractivity contribution < 1.29 is 14.6 Å². The fourth-order valence-electron chi connectivity index (χ4n) is 2.94. The summed E-state index contributed by atoms with van der Waals surface area (Å²) in [6, 6.07) is 16.4. The zero-order valence-electron chi connectivity index (χ0n) is 12.9. The molecule has 1 aliphatic carbocycles. The highest BCUT2D eigenvalue weighted by molar-refractivity contribution is 5.76. The number of hydrogen-bond acceptors (Lipinski definition) is 2. The molecule has 1 aliphatic rings. The lowest BCUT2D eigenvalue weighted by Gasteiger charge is -2.21. The Labute approximate surface area is 130 Å². The highest BCUT2D eigenvalue weighted by Crippen LogP contribution is 2.34. The maximum Gasteiger partial charge on any atom is 0.347 e. The van der Waals surface area contributed by atoms with Gasteiger partial charge in [0.05, 0.1) is 0 Å². The number of rotatable bonds is 4. The molecule has 0 aromatic heterocycles. The van der Waals surface area contributed by atoms with Crippen molar-refractivity contribution in [1.29, 1.82) is 0 Å². The predicted octanol–water partition coefficient (Wildman–Crippen LogP) is 3.81. The molecule has 0 amide bonds. The second kappa shape index (κ2) is 5.48. The fraction of sp³-hybridized carbons (Fsp3) is 0.316. The third-order valence-electron chi connectivity index (χ3n) is 4.29. The van der Waals surface area contributed by atoms with Crippen LogP contribution in [0.4, 0.5) is 0 Å². The van der Waals surface area contributed by atoms with E-state index in [4.69, 9.17) is 9.84 Å². The zero-order chi connectivity index (χ0) is 15.7. The van der Waals surface area contributed by atoms with Crippen LogP contribution < -0.4 is 4.74 Å². The van der Waals surface area contributed by atoms with Gasteiger partial charge in [0.2, 0.25) is 0 Å². The van der Waals surface area contributed by atoms with Crippen molar-refractivity contribution >= 4 is 5.97 Å². The molecule has 1 N–H and O–H groups in total. The van der Waals surface area contributed by atoms with E-state index in [0.717, 1.165) is 12.8 Å². The Morgan fingerprint density at radius 1 is 1.05 bits per heavy atom. The van der Waals surface area contributed by atoms with Crippen molar-refractivity contribution in [2.24, 2.45) is 0 Å². The first-order valence-electron chi connectivity index (χ1n) is 7.55. The summed E-state index contributed by atoms with van der Waals surface area (Å²) >= 11 is 0. The van der Waals surface area contributed by atoms with Gasteiger partial charge in [0.25, 0.3) is 0 Å². The summed E-state index contributed by atoms with van der Waals surface area (Å²) in [5.41, 5.74) is 2.92. The number of carboxylic acid groups (broad SMARTS) is 1. The van der Waals surface area contributed by atoms with Crippen LogP contribution in [0, 0.1) is 0 Å². The van der Waals surface area contributed by atoms with E-state index in [1.54, 1.807) is 13.8 Å². The van der Waals surface area contributed by atoms with Gasteiger partial charge >= 0.3 is 5.97 Å². The summed E-state index contributed by atoms with van der Waals surface area (Å²) in [6.07, 6.45) is 2.13. The molecule has 3 heteroatoms. The third-order valence-corrected chi connectivity index (χ3v) is 4.29. The normalized spacial score (nSPS) is 14.6. The second-order valence-corrected chi connectivity index (χ2v) is 6.36. The van der Waals surface area contributed by atoms with Crippen molar-refractivity contribution in [3.05, 3.63) is 65.2 Å². The Hall–Kier alpha value is -2.29. The number of fused-ring (bicyclic) bond motifs is 1. The van der Waals surface area contributed by atoms with E-state index < -0.39 is 11.6 Å². The Kier molecular flexibility index (Phi) is 3.65. The minimum Gasteiger partial charge on any atom is -0.478 e. The third kappa shape index (κ3) is 2.84. The number of benzene rings is 2. The first-order chi connectivity index (χ1) is 10.5. The van der Waals surface area contributed by atoms with E-state index in [2.05, 4.69) is 24.3 Å². The van der Waals surface area contributed by atoms with Crippen LogP contribution in [0.5, 0.6) is 5.75 Å². The quantitative estimate of drug-likeness (QED) is 0.933. The van der Waals surface area contributed by atoms with Crippen LogP contribution in [-0.4, -0.2) is 16.7 Å². The molecule has 0 aliphatic heterocycles. The van der Waals surface area contributed by atoms with E-state index >= 15 is 0 Å². The lowest BCUT2D eigenvalue weighted by atomic mass is 9.96. The zero-order valence-corrected chi connectivity index (χ0v) is 12.9. The van der Waals surface area contributed by atoms with Gasteiger partial charge in [-0.15, -0.1) is 0 Å². The lowest BCUT2D eigenvalue weighted by molar-refractivity contribution is -0.152. The Balaban J connectivity index is 1.72. The predicted molar refractivity (Wildman–Crippen MR) is 85.4 cm³/mol. The van der Waals surface area contributed by atoms with Gasteiger partial charge < -0.3 is 9.84 Å². The monoisotopic (exact) mass is 296 g/mol. The molecule has 0 heterocycles. The smallest absolute Gasteiger partial charge is 0.347 e. The molecule has 0 atom stereocenters. The van der Waals surface area contributed by atoms with Crippen molar-refractivity contribution in [3.8, 4) is 5.75 Å². The lowest BCUT2D eigenvalue weighted by Crippen LogP contribution is -2.37. The van der Waals surface area contributed by atoms with Crippen LogP contribution in [-0.2, 0) is 17.6 Å². The Bertz CT molecular complexity index is 661. The highest BCUT2D eigenvalue weighted by Gasteiger charge is 2.29. The van der Waals surface area contributed by atoms with Crippen molar-refractivity contribution in [1.82, 2.24) is 0 Å². The van der Waals surface area contributed by atoms with E-state index in [-0.39, 0.29) is 0 Å². The first kappa shape index (κ1) is 14.6. The maximum atomic E-state index is 11.1. The number of carbonyl (C=O) groups is 1. The standard InChI is InChI=1S/C19H20O3/c1-19(2,18(20)21)22-17-9-7-13(8-10-17)16-11-14-5-3-4-6-15(14)12-16/h3-10,16H,11-12H2,1-2H3,(H,20,21). The van der Waals surface area contributed by atoms with Crippen molar-refractivity contribution in [2.75, 3.05) is 0 Å². The van der Waals surface area contributed by atoms with Crippen LogP contribution in [0.25, 0.3) is 0 Å². The number of aliphatic carboxylic acids is 1. The average molecular weight is 296 g/mol. The number of ether oxygens (including phenoxy) is 1. The molecule has 0 saturated heterocycles. The van der Waals surface area contributed by atoms with Gasteiger partial charge in [0.1, 0.15) is 5.75 Å². The molecule has 114 valence electrons. The van der Waals surface area contributed by atoms with Crippen LogP contribution in [0.1, 0.15) is 36.5 Å². The van der Waals surface area contributed by atoms with Gasteiger partial charge in [-0.25, -0.2) is 4.79 Å². The molecule has 0 fully saturated rings. The summed E-state index contributed by atoms with van der Waals surface area (Å²) < 4.78 is 5.54. The van der Waals surface area contributed by atoms with Crippen molar-refractivity contribution in [2.45, 2.75) is 38.2 Å². The maximum absolute atomic E-state index is 11.1. The van der Waals surface area contributed by atoms with Gasteiger partial charge in [0, 0.05) is 0 Å². The SMILES string of the molecule is CC(C)(Oc1ccc(C2Cc3ccccc3C2)cc1)C(=O)O. The number of hydrogen-bond donors (Lipinski definition) is 1. The van der Waals surface area contributed by atoms with Crippen LogP contribution in [0.15, 0.2) is 48.5 Å². The largest absolute Gasteiger partial charge is 0.478 e. The van der Waals surface area contributed by atoms with Gasteiger partial charge in [-0.2, -0.15) is 0 Å². The summed E-state index contributed by atoms with van der Waals surface area (Å²) in [7, 11) is 0. The summed E-state index contributed by atoms with van der Waals surface area (Å²) in [6.45, 7) is 3.10. The topological polar surface area (TPSA) is 46.5 Å². The summed E-state index contributed by atoms with van der Waals surface area (Å²) in [5.74, 6) is 0.119. The molecular weight excluding hydrogens is 276 g/mol. The van der Waals surface area contributed by atoms with E-state index in [0.29, 0.717) is 11.7 Å². The van der Waals surface area contributed by atoms with Gasteiger partial charge in [-0.05, 0) is 61.4 Å². The summed E-state index contributed by atoms with van der Waals surface area (Å²) in [5, 5.41) is 9.10. The first-order valence-corrected chi connectivity index (χ1v) is 7.55. The molecule has 0 radical (unpaired) electrons. The minimum absolute atomic E-state index is 0.499. The molecule has 2 aromatic carbocycles. The Morgan fingerprint density at radius 2 is 1.59 bits per heavy atom. The van der Waals surface area contributed by atoms with Gasteiger partial charge in [-0.3, -0.25) is 0 Å². The highest BCUT2D eigenvalue weighted by atomic mass is 16.5. The van der Waals surface area contributed by atoms with E-state index in [1.807, 2.05) is 24.3 Å². The van der Waals surface area contributed by atoms with Crippen LogP contribution in [0.3, 0.4) is 0 Å². The molecule has 22 heavy (non-hydrogen) atoms. The fourth-order valence-corrected chi connectivity index (χ4v) is 2.94. The van der Waals surface area contributed by atoms with Gasteiger partial charge in [-0.1, -0.05) is 36.4 Å². The van der Waals surface area contributed by atoms with E-state index in [9.17, 15) is 4.79 Å². The number of carboxylic acids is 1. The molecule has 0 spiro atoms. The van der Waals surface area contributed by atoms with Crippen molar-refractivity contribution in [3.63, 3.8) is 0 Å². The van der Waals surface area contributed by atoms with Crippen LogP contribution >= 0.6 is 0 Å². The molecule has 3 rings (SSSR count). The Morgan fingerprint density at radius 3 is 2.09 bits per heavy atom. The molecule has 3 nitrogen and oxygen atoms in total. The molecular formula is C19H20O3. The molecule has 0 bridgehead atoms. The molecule has 0 saturated carbocycles. The van der Waals surface area contributed by atoms with E-state index in [1.165, 1.54) is 16.7 Å². The summed E-state index contributed by atoms with van der Waals surface area (Å²) in [4.78, 5) is 11.1. The average Bonchev–Trinajstić information content (AvgIpc) is 2.91. The molecule has 2 aromatic rings. The second-order valence-electron chi connectivity index (χ2n) is 6.36.